The minimum absolute atomic E-state index is 0.139. The molecule has 2 amide bonds. The van der Waals surface area contributed by atoms with Crippen LogP contribution >= 0.6 is 0 Å². The second-order valence-electron chi connectivity index (χ2n) is 8.74. The van der Waals surface area contributed by atoms with Crippen molar-refractivity contribution in [3.8, 4) is 17.1 Å². The predicted octanol–water partition coefficient (Wildman–Crippen LogP) is 2.45. The molecule has 38 heavy (non-hydrogen) atoms. The number of anilines is 1. The summed E-state index contributed by atoms with van der Waals surface area (Å²) in [5, 5.41) is 0.657. The van der Waals surface area contributed by atoms with Gasteiger partial charge in [-0.3, -0.25) is 9.97 Å². The van der Waals surface area contributed by atoms with E-state index in [0.29, 0.717) is 41.3 Å². The molecule has 1 atom stereocenters. The lowest BCUT2D eigenvalue weighted by Gasteiger charge is -2.40. The van der Waals surface area contributed by atoms with E-state index in [1.807, 2.05) is 47.4 Å². The zero-order valence-corrected chi connectivity index (χ0v) is 20.9. The number of carbonyl (C=O) groups excluding carboxylic acids is 2. The van der Waals surface area contributed by atoms with Crippen LogP contribution in [0.15, 0.2) is 67.3 Å². The molecule has 0 bridgehead atoms. The van der Waals surface area contributed by atoms with Crippen molar-refractivity contribution in [1.82, 2.24) is 24.8 Å². The molecule has 1 aliphatic rings. The van der Waals surface area contributed by atoms with Crippen LogP contribution in [0, 0.1) is 0 Å². The highest BCUT2D eigenvalue weighted by molar-refractivity contribution is 5.96. The summed E-state index contributed by atoms with van der Waals surface area (Å²) in [6, 6.07) is 11.8. The third-order valence-electron chi connectivity index (χ3n) is 6.42. The van der Waals surface area contributed by atoms with Gasteiger partial charge in [-0.2, -0.15) is 0 Å². The number of hydrogen-bond acceptors (Lipinski definition) is 9. The molecule has 0 spiro atoms. The molecular weight excluding hydrogens is 486 g/mol. The van der Waals surface area contributed by atoms with Crippen molar-refractivity contribution in [1.29, 1.82) is 0 Å². The van der Waals surface area contributed by atoms with Crippen LogP contribution in [0.4, 0.5) is 10.6 Å². The summed E-state index contributed by atoms with van der Waals surface area (Å²) >= 11 is 0. The van der Waals surface area contributed by atoms with Gasteiger partial charge < -0.3 is 25.0 Å². The number of benzene rings is 1. The Morgan fingerprint density at radius 2 is 1.82 bits per heavy atom. The van der Waals surface area contributed by atoms with E-state index in [9.17, 15) is 9.59 Å². The molecular formula is C27H27N7O4. The molecule has 1 aliphatic heterocycles. The molecule has 4 aromatic rings. The fourth-order valence-corrected chi connectivity index (χ4v) is 4.50. The van der Waals surface area contributed by atoms with Gasteiger partial charge in [-0.1, -0.05) is 30.3 Å². The zero-order valence-electron chi connectivity index (χ0n) is 20.9. The molecule has 0 radical (unpaired) electrons. The monoisotopic (exact) mass is 513 g/mol. The van der Waals surface area contributed by atoms with E-state index in [-0.39, 0.29) is 19.7 Å². The first-order valence-electron chi connectivity index (χ1n) is 12.2. The third-order valence-corrected chi connectivity index (χ3v) is 6.42. The summed E-state index contributed by atoms with van der Waals surface area (Å²) in [7, 11) is 1.55. The number of rotatable bonds is 7. The van der Waals surface area contributed by atoms with Crippen molar-refractivity contribution in [2.24, 2.45) is 5.73 Å². The van der Waals surface area contributed by atoms with Gasteiger partial charge in [-0.15, -0.1) is 0 Å². The number of pyridine rings is 2. The summed E-state index contributed by atoms with van der Waals surface area (Å²) in [6.07, 6.45) is 7.13. The number of hydrogen-bond donors (Lipinski definition) is 1. The van der Waals surface area contributed by atoms with Crippen LogP contribution in [0.1, 0.15) is 5.56 Å². The maximum atomic E-state index is 13.2. The number of amides is 2. The standard InChI is InChI=1S/C27H27N7O4/c1-37-22-16-30-15-20-23(22)25(32-24(31-20)19-7-10-29-11-8-19)33-12-13-34(27(28)36)21(17-33)26(35)38-14-9-18-5-3-2-4-6-18/h2-8,10-11,15-16,21H,9,12-14,17H2,1H3,(H2,28,36). The minimum atomic E-state index is -0.903. The van der Waals surface area contributed by atoms with Crippen LogP contribution in [-0.4, -0.2) is 76.2 Å². The van der Waals surface area contributed by atoms with Crippen molar-refractivity contribution < 1.29 is 19.1 Å². The minimum Gasteiger partial charge on any atom is -0.494 e. The average Bonchev–Trinajstić information content (AvgIpc) is 2.96. The second kappa shape index (κ2) is 11.1. The topological polar surface area (TPSA) is 137 Å². The molecule has 1 aromatic carbocycles. The Hall–Kier alpha value is -4.80. The van der Waals surface area contributed by atoms with E-state index in [1.165, 1.54) is 4.90 Å². The molecule has 0 aliphatic carbocycles. The normalized spacial score (nSPS) is 15.3. The number of piperazine rings is 1. The lowest BCUT2D eigenvalue weighted by atomic mass is 10.1. The summed E-state index contributed by atoms with van der Waals surface area (Å²) < 4.78 is 11.2. The van der Waals surface area contributed by atoms with E-state index in [4.69, 9.17) is 25.2 Å². The number of nitrogens with zero attached hydrogens (tertiary/aromatic N) is 6. The summed E-state index contributed by atoms with van der Waals surface area (Å²) in [5.41, 5.74) is 8.05. The Bertz CT molecular complexity index is 1440. The third kappa shape index (κ3) is 5.17. The van der Waals surface area contributed by atoms with Gasteiger partial charge in [-0.05, 0) is 17.7 Å². The smallest absolute Gasteiger partial charge is 0.330 e. The fraction of sp³-hybridized carbons (Fsp3) is 0.259. The van der Waals surface area contributed by atoms with Crippen LogP contribution in [0.5, 0.6) is 5.75 Å². The molecule has 11 nitrogen and oxygen atoms in total. The van der Waals surface area contributed by atoms with Crippen molar-refractivity contribution in [3.63, 3.8) is 0 Å². The number of nitrogens with two attached hydrogens (primary N) is 1. The molecule has 3 aromatic heterocycles. The summed E-state index contributed by atoms with van der Waals surface area (Å²) in [4.78, 5) is 46.6. The number of methoxy groups -OCH3 is 1. The van der Waals surface area contributed by atoms with Gasteiger partial charge in [0, 0.05) is 37.5 Å². The first-order valence-corrected chi connectivity index (χ1v) is 12.2. The molecule has 5 rings (SSSR count). The second-order valence-corrected chi connectivity index (χ2v) is 8.74. The maximum absolute atomic E-state index is 13.2. The number of fused-ring (bicyclic) bond motifs is 1. The maximum Gasteiger partial charge on any atom is 0.330 e. The largest absolute Gasteiger partial charge is 0.494 e. The lowest BCUT2D eigenvalue weighted by Crippen LogP contribution is -2.60. The molecule has 11 heteroatoms. The Morgan fingerprint density at radius 1 is 1.03 bits per heavy atom. The first kappa shape index (κ1) is 24.9. The van der Waals surface area contributed by atoms with E-state index in [0.717, 1.165) is 11.1 Å². The Balaban J connectivity index is 1.46. The number of urea groups is 1. The van der Waals surface area contributed by atoms with Crippen molar-refractivity contribution in [3.05, 3.63) is 72.8 Å². The molecule has 1 fully saturated rings. The van der Waals surface area contributed by atoms with E-state index in [2.05, 4.69) is 9.97 Å². The van der Waals surface area contributed by atoms with Crippen molar-refractivity contribution in [2.45, 2.75) is 12.5 Å². The number of esters is 1. The van der Waals surface area contributed by atoms with Gasteiger partial charge in [0.15, 0.2) is 5.82 Å². The Kier molecular flexibility index (Phi) is 7.25. The van der Waals surface area contributed by atoms with Crippen LogP contribution < -0.4 is 15.4 Å². The molecule has 1 saturated heterocycles. The highest BCUT2D eigenvalue weighted by atomic mass is 16.5. The number of primary amides is 1. The van der Waals surface area contributed by atoms with E-state index >= 15 is 0 Å². The Morgan fingerprint density at radius 3 is 2.55 bits per heavy atom. The summed E-state index contributed by atoms with van der Waals surface area (Å²) in [5.74, 6) is 1.01. The average molecular weight is 514 g/mol. The van der Waals surface area contributed by atoms with Gasteiger partial charge in [-0.25, -0.2) is 19.6 Å². The molecule has 0 saturated carbocycles. The predicted molar refractivity (Wildman–Crippen MR) is 141 cm³/mol. The van der Waals surface area contributed by atoms with Gasteiger partial charge in [0.1, 0.15) is 17.6 Å². The fourth-order valence-electron chi connectivity index (χ4n) is 4.50. The van der Waals surface area contributed by atoms with Gasteiger partial charge >= 0.3 is 12.0 Å². The summed E-state index contributed by atoms with van der Waals surface area (Å²) in [6.45, 7) is 0.940. The molecule has 2 N–H and O–H groups in total. The number of carbonyl (C=O) groups is 2. The van der Waals surface area contributed by atoms with Gasteiger partial charge in [0.2, 0.25) is 0 Å². The number of aromatic nitrogens is 4. The number of ether oxygens (including phenoxy) is 2. The Labute approximate surface area is 219 Å². The van der Waals surface area contributed by atoms with Crippen LogP contribution in [-0.2, 0) is 16.0 Å². The quantitative estimate of drug-likeness (QED) is 0.369. The van der Waals surface area contributed by atoms with Crippen molar-refractivity contribution in [2.75, 3.05) is 38.3 Å². The highest BCUT2D eigenvalue weighted by Gasteiger charge is 2.37. The molecule has 194 valence electrons. The molecule has 1 unspecified atom stereocenters. The van der Waals surface area contributed by atoms with E-state index in [1.54, 1.807) is 31.9 Å². The van der Waals surface area contributed by atoms with Gasteiger partial charge in [0.25, 0.3) is 0 Å². The first-order chi connectivity index (χ1) is 18.5. The van der Waals surface area contributed by atoms with Crippen LogP contribution in [0.25, 0.3) is 22.3 Å². The van der Waals surface area contributed by atoms with Crippen LogP contribution in [0.2, 0.25) is 0 Å². The van der Waals surface area contributed by atoms with Crippen LogP contribution in [0.3, 0.4) is 0 Å². The zero-order chi connectivity index (χ0) is 26.5. The molecule has 4 heterocycles. The van der Waals surface area contributed by atoms with Gasteiger partial charge in [0.05, 0.1) is 43.6 Å². The highest BCUT2D eigenvalue weighted by Crippen LogP contribution is 2.34. The lowest BCUT2D eigenvalue weighted by molar-refractivity contribution is -0.149. The van der Waals surface area contributed by atoms with Crippen molar-refractivity contribution >= 4 is 28.7 Å². The SMILES string of the molecule is COc1cncc2nc(-c3ccncc3)nc(N3CCN(C(N)=O)C(C(=O)OCCc4ccccc4)C3)c12. The van der Waals surface area contributed by atoms with E-state index < -0.39 is 18.0 Å².